The lowest BCUT2D eigenvalue weighted by Gasteiger charge is -2.07. The van der Waals surface area contributed by atoms with Crippen LogP contribution in [0.5, 0.6) is 0 Å². The van der Waals surface area contributed by atoms with Crippen molar-refractivity contribution in [1.82, 2.24) is 9.97 Å². The van der Waals surface area contributed by atoms with Gasteiger partial charge in [0.05, 0.1) is 5.69 Å². The quantitative estimate of drug-likeness (QED) is 0.708. The highest BCUT2D eigenvalue weighted by Crippen LogP contribution is 2.17. The standard InChI is InChI=1S/C18H14N4O2/c23-12-20-14-6-8-15(9-7-14)21-18(24)17-5-1-4-16(22-17)13-3-2-10-19-11-13/h1-12H,(H,20,23)(H,21,24). The molecule has 0 fully saturated rings. The van der Waals surface area contributed by atoms with E-state index >= 15 is 0 Å². The minimum absolute atomic E-state index is 0.308. The van der Waals surface area contributed by atoms with E-state index in [-0.39, 0.29) is 5.91 Å². The molecule has 118 valence electrons. The zero-order chi connectivity index (χ0) is 16.8. The van der Waals surface area contributed by atoms with E-state index in [1.54, 1.807) is 48.8 Å². The van der Waals surface area contributed by atoms with Crippen molar-refractivity contribution in [2.45, 2.75) is 0 Å². The minimum Gasteiger partial charge on any atom is -0.329 e. The molecule has 2 N–H and O–H groups in total. The second-order valence-corrected chi connectivity index (χ2v) is 4.94. The molecule has 0 saturated heterocycles. The van der Waals surface area contributed by atoms with Crippen molar-refractivity contribution in [2.75, 3.05) is 10.6 Å². The molecule has 0 spiro atoms. The van der Waals surface area contributed by atoms with Gasteiger partial charge in [-0.05, 0) is 48.5 Å². The Labute approximate surface area is 138 Å². The SMILES string of the molecule is O=CNc1ccc(NC(=O)c2cccc(-c3cccnc3)n2)cc1. The van der Waals surface area contributed by atoms with Crippen LogP contribution < -0.4 is 10.6 Å². The highest BCUT2D eigenvalue weighted by molar-refractivity contribution is 6.03. The Kier molecular flexibility index (Phi) is 4.57. The maximum atomic E-state index is 12.3. The van der Waals surface area contributed by atoms with E-state index in [0.29, 0.717) is 29.2 Å². The smallest absolute Gasteiger partial charge is 0.274 e. The Balaban J connectivity index is 1.76. The first-order valence-electron chi connectivity index (χ1n) is 7.25. The van der Waals surface area contributed by atoms with Gasteiger partial charge in [-0.2, -0.15) is 0 Å². The molecule has 1 aromatic carbocycles. The van der Waals surface area contributed by atoms with Crippen molar-refractivity contribution in [1.29, 1.82) is 0 Å². The van der Waals surface area contributed by atoms with Crippen molar-refractivity contribution >= 4 is 23.7 Å². The third kappa shape index (κ3) is 3.61. The normalized spacial score (nSPS) is 10.0. The van der Waals surface area contributed by atoms with E-state index in [2.05, 4.69) is 20.6 Å². The van der Waals surface area contributed by atoms with Gasteiger partial charge in [0, 0.05) is 29.3 Å². The van der Waals surface area contributed by atoms with E-state index in [1.807, 2.05) is 18.2 Å². The molecule has 0 unspecified atom stereocenters. The molecule has 0 aliphatic heterocycles. The minimum atomic E-state index is -0.308. The monoisotopic (exact) mass is 318 g/mol. The van der Waals surface area contributed by atoms with Gasteiger partial charge in [0.2, 0.25) is 6.41 Å². The number of benzene rings is 1. The summed E-state index contributed by atoms with van der Waals surface area (Å²) >= 11 is 0. The van der Waals surface area contributed by atoms with Crippen molar-refractivity contribution in [3.8, 4) is 11.3 Å². The topological polar surface area (TPSA) is 84.0 Å². The first-order valence-corrected chi connectivity index (χ1v) is 7.25. The summed E-state index contributed by atoms with van der Waals surface area (Å²) < 4.78 is 0. The molecule has 3 rings (SSSR count). The van der Waals surface area contributed by atoms with Crippen LogP contribution in [0.2, 0.25) is 0 Å². The number of hydrogen-bond acceptors (Lipinski definition) is 4. The Bertz CT molecular complexity index is 848. The van der Waals surface area contributed by atoms with Crippen LogP contribution in [-0.4, -0.2) is 22.3 Å². The number of nitrogens with one attached hydrogen (secondary N) is 2. The summed E-state index contributed by atoms with van der Waals surface area (Å²) in [5.74, 6) is -0.308. The number of carbonyl (C=O) groups excluding carboxylic acids is 2. The van der Waals surface area contributed by atoms with E-state index in [9.17, 15) is 9.59 Å². The van der Waals surface area contributed by atoms with E-state index in [0.717, 1.165) is 5.56 Å². The molecule has 0 radical (unpaired) electrons. The van der Waals surface area contributed by atoms with Crippen LogP contribution in [0.1, 0.15) is 10.5 Å². The number of amides is 2. The maximum Gasteiger partial charge on any atom is 0.274 e. The maximum absolute atomic E-state index is 12.3. The van der Waals surface area contributed by atoms with Gasteiger partial charge < -0.3 is 10.6 Å². The van der Waals surface area contributed by atoms with Gasteiger partial charge in [-0.3, -0.25) is 14.6 Å². The molecule has 0 aliphatic carbocycles. The summed E-state index contributed by atoms with van der Waals surface area (Å²) in [6, 6.07) is 15.8. The summed E-state index contributed by atoms with van der Waals surface area (Å²) in [7, 11) is 0. The zero-order valence-corrected chi connectivity index (χ0v) is 12.6. The molecule has 24 heavy (non-hydrogen) atoms. The van der Waals surface area contributed by atoms with Crippen LogP contribution in [-0.2, 0) is 4.79 Å². The van der Waals surface area contributed by atoms with Crippen molar-refractivity contribution in [3.63, 3.8) is 0 Å². The molecular formula is C18H14N4O2. The number of aromatic nitrogens is 2. The van der Waals surface area contributed by atoms with Gasteiger partial charge >= 0.3 is 0 Å². The van der Waals surface area contributed by atoms with Gasteiger partial charge in [0.25, 0.3) is 5.91 Å². The number of pyridine rings is 2. The van der Waals surface area contributed by atoms with Gasteiger partial charge in [-0.1, -0.05) is 6.07 Å². The largest absolute Gasteiger partial charge is 0.329 e. The van der Waals surface area contributed by atoms with Crippen molar-refractivity contribution < 1.29 is 9.59 Å². The number of rotatable bonds is 5. The number of nitrogens with zero attached hydrogens (tertiary/aromatic N) is 2. The van der Waals surface area contributed by atoms with E-state index in [4.69, 9.17) is 0 Å². The first kappa shape index (κ1) is 15.4. The molecule has 2 amide bonds. The highest BCUT2D eigenvalue weighted by Gasteiger charge is 2.09. The summed E-state index contributed by atoms with van der Waals surface area (Å²) in [4.78, 5) is 31.2. The molecule has 6 heteroatoms. The molecule has 6 nitrogen and oxygen atoms in total. The second-order valence-electron chi connectivity index (χ2n) is 4.94. The fourth-order valence-electron chi connectivity index (χ4n) is 2.15. The molecule has 0 bridgehead atoms. The average molecular weight is 318 g/mol. The second kappa shape index (κ2) is 7.15. The molecule has 3 aromatic rings. The lowest BCUT2D eigenvalue weighted by Crippen LogP contribution is -2.13. The van der Waals surface area contributed by atoms with Gasteiger partial charge in [0.15, 0.2) is 0 Å². The summed E-state index contributed by atoms with van der Waals surface area (Å²) in [5.41, 5.74) is 3.11. The Morgan fingerprint density at radius 2 is 1.75 bits per heavy atom. The predicted octanol–water partition coefficient (Wildman–Crippen LogP) is 2.96. The van der Waals surface area contributed by atoms with Crippen LogP contribution in [0.3, 0.4) is 0 Å². The number of carbonyl (C=O) groups is 2. The fourth-order valence-corrected chi connectivity index (χ4v) is 2.15. The molecule has 0 atom stereocenters. The van der Waals surface area contributed by atoms with Crippen LogP contribution in [0.25, 0.3) is 11.3 Å². The van der Waals surface area contributed by atoms with Crippen LogP contribution >= 0.6 is 0 Å². The summed E-state index contributed by atoms with van der Waals surface area (Å²) in [5, 5.41) is 5.31. The third-order valence-electron chi connectivity index (χ3n) is 3.31. The molecular weight excluding hydrogens is 304 g/mol. The van der Waals surface area contributed by atoms with Crippen LogP contribution in [0.4, 0.5) is 11.4 Å². The predicted molar refractivity (Wildman–Crippen MR) is 91.5 cm³/mol. The van der Waals surface area contributed by atoms with E-state index < -0.39 is 0 Å². The van der Waals surface area contributed by atoms with Gasteiger partial charge in [-0.15, -0.1) is 0 Å². The van der Waals surface area contributed by atoms with Gasteiger partial charge in [-0.25, -0.2) is 4.98 Å². The lowest BCUT2D eigenvalue weighted by molar-refractivity contribution is -0.105. The van der Waals surface area contributed by atoms with Crippen molar-refractivity contribution in [3.05, 3.63) is 72.7 Å². The molecule has 2 aromatic heterocycles. The van der Waals surface area contributed by atoms with Crippen LogP contribution in [0.15, 0.2) is 67.0 Å². The Hall–Kier alpha value is -3.54. The highest BCUT2D eigenvalue weighted by atomic mass is 16.2. The van der Waals surface area contributed by atoms with Crippen molar-refractivity contribution in [2.24, 2.45) is 0 Å². The lowest BCUT2D eigenvalue weighted by atomic mass is 10.2. The zero-order valence-electron chi connectivity index (χ0n) is 12.6. The first-order chi connectivity index (χ1) is 11.8. The van der Waals surface area contributed by atoms with Gasteiger partial charge in [0.1, 0.15) is 5.69 Å². The number of hydrogen-bond donors (Lipinski definition) is 2. The third-order valence-corrected chi connectivity index (χ3v) is 3.31. The number of anilines is 2. The van der Waals surface area contributed by atoms with Crippen LogP contribution in [0, 0.1) is 0 Å². The van der Waals surface area contributed by atoms with E-state index in [1.165, 1.54) is 0 Å². The molecule has 0 saturated carbocycles. The Morgan fingerprint density at radius 3 is 2.46 bits per heavy atom. The molecule has 2 heterocycles. The Morgan fingerprint density at radius 1 is 0.958 bits per heavy atom. The summed E-state index contributed by atoms with van der Waals surface area (Å²) in [6.45, 7) is 0. The average Bonchev–Trinajstić information content (AvgIpc) is 2.64. The summed E-state index contributed by atoms with van der Waals surface area (Å²) in [6.07, 6.45) is 3.98. The fraction of sp³-hybridized carbons (Fsp3) is 0. The molecule has 0 aliphatic rings.